The van der Waals surface area contributed by atoms with Gasteiger partial charge in [0.15, 0.2) is 5.82 Å². The summed E-state index contributed by atoms with van der Waals surface area (Å²) in [5.41, 5.74) is 0.823. The second kappa shape index (κ2) is 6.74. The van der Waals surface area contributed by atoms with Crippen molar-refractivity contribution in [2.24, 2.45) is 11.8 Å². The minimum absolute atomic E-state index is 0.550. The van der Waals surface area contributed by atoms with Crippen molar-refractivity contribution in [1.29, 1.82) is 0 Å². The number of aromatic nitrogens is 3. The smallest absolute Gasteiger partial charge is 0.217 e. The lowest BCUT2D eigenvalue weighted by atomic mass is 10.1. The predicted octanol–water partition coefficient (Wildman–Crippen LogP) is 4.35. The molecule has 2 aromatic rings. The van der Waals surface area contributed by atoms with Crippen LogP contribution in [-0.2, 0) is 6.67 Å². The first kappa shape index (κ1) is 17.1. The van der Waals surface area contributed by atoms with E-state index in [0.717, 1.165) is 29.8 Å². The Hall–Kier alpha value is -1.37. The molecule has 5 nitrogen and oxygen atoms in total. The lowest BCUT2D eigenvalue weighted by Gasteiger charge is -2.28. The van der Waals surface area contributed by atoms with Gasteiger partial charge in [-0.05, 0) is 75.0 Å². The van der Waals surface area contributed by atoms with Crippen molar-refractivity contribution < 1.29 is 4.74 Å². The Morgan fingerprint density at radius 1 is 1.36 bits per heavy atom. The van der Waals surface area contributed by atoms with Crippen LogP contribution in [0.4, 0.5) is 0 Å². The number of hydrogen-bond acceptors (Lipinski definition) is 4. The van der Waals surface area contributed by atoms with Gasteiger partial charge in [-0.1, -0.05) is 11.6 Å². The summed E-state index contributed by atoms with van der Waals surface area (Å²) in [5.74, 6) is 3.14. The van der Waals surface area contributed by atoms with Crippen LogP contribution in [0, 0.1) is 16.6 Å². The van der Waals surface area contributed by atoms with E-state index in [2.05, 4.69) is 22.0 Å². The van der Waals surface area contributed by atoms with Gasteiger partial charge in [0.25, 0.3) is 0 Å². The lowest BCUT2D eigenvalue weighted by molar-refractivity contribution is 0.145. The molecule has 25 heavy (non-hydrogen) atoms. The van der Waals surface area contributed by atoms with Gasteiger partial charge in [-0.25, -0.2) is 4.68 Å². The summed E-state index contributed by atoms with van der Waals surface area (Å²) >= 11 is 11.6. The quantitative estimate of drug-likeness (QED) is 0.727. The highest BCUT2D eigenvalue weighted by molar-refractivity contribution is 7.71. The Morgan fingerprint density at radius 2 is 2.04 bits per heavy atom. The molecule has 4 rings (SSSR count). The summed E-state index contributed by atoms with van der Waals surface area (Å²) in [6.07, 6.45) is 5.46. The minimum atomic E-state index is 0.550. The zero-order valence-corrected chi connectivity index (χ0v) is 16.1. The van der Waals surface area contributed by atoms with Gasteiger partial charge in [0, 0.05) is 11.1 Å². The fourth-order valence-electron chi connectivity index (χ4n) is 3.74. The highest BCUT2D eigenvalue weighted by Gasteiger charge is 2.43. The third-order valence-electron chi connectivity index (χ3n) is 5.18. The molecule has 0 bridgehead atoms. The molecule has 7 heteroatoms. The number of benzene rings is 1. The van der Waals surface area contributed by atoms with Crippen LogP contribution in [-0.4, -0.2) is 39.9 Å². The standard InChI is InChI=1S/C18H23ClN4OS/c1-22(16(11-3-4-11)12-5-6-12)10-23-18(25)20-17(21-23)14-9-13(19)7-8-15(14)24-2/h7-9,11-12,16H,3-6,10H2,1-2H3,(H,20,21,25). The first-order valence-corrected chi connectivity index (χ1v) is 9.56. The van der Waals surface area contributed by atoms with E-state index >= 15 is 0 Å². The van der Waals surface area contributed by atoms with Gasteiger partial charge in [0.2, 0.25) is 4.77 Å². The maximum absolute atomic E-state index is 6.14. The molecule has 1 aromatic heterocycles. The zero-order valence-electron chi connectivity index (χ0n) is 14.5. The topological polar surface area (TPSA) is 46.1 Å². The molecular formula is C18H23ClN4OS. The molecule has 0 radical (unpaired) electrons. The highest BCUT2D eigenvalue weighted by Crippen LogP contribution is 2.46. The summed E-state index contributed by atoms with van der Waals surface area (Å²) in [6.45, 7) is 0.729. The predicted molar refractivity (Wildman–Crippen MR) is 101 cm³/mol. The van der Waals surface area contributed by atoms with E-state index in [1.54, 1.807) is 13.2 Å². The molecule has 2 fully saturated rings. The molecule has 0 atom stereocenters. The molecule has 2 aliphatic carbocycles. The number of nitrogens with one attached hydrogen (secondary N) is 1. The van der Waals surface area contributed by atoms with E-state index in [0.29, 0.717) is 21.7 Å². The maximum Gasteiger partial charge on any atom is 0.217 e. The van der Waals surface area contributed by atoms with Crippen molar-refractivity contribution in [3.05, 3.63) is 28.0 Å². The fourth-order valence-corrected chi connectivity index (χ4v) is 4.10. The largest absolute Gasteiger partial charge is 0.496 e. The molecule has 0 aliphatic heterocycles. The second-order valence-electron chi connectivity index (χ2n) is 7.19. The number of hydrogen-bond donors (Lipinski definition) is 1. The summed E-state index contributed by atoms with van der Waals surface area (Å²) < 4.78 is 7.91. The Balaban J connectivity index is 1.58. The fraction of sp³-hybridized carbons (Fsp3) is 0.556. The summed E-state index contributed by atoms with van der Waals surface area (Å²) in [6, 6.07) is 6.17. The molecule has 1 N–H and O–H groups in total. The molecule has 0 saturated heterocycles. The van der Waals surface area contributed by atoms with Crippen LogP contribution in [0.1, 0.15) is 25.7 Å². The number of halogens is 1. The Morgan fingerprint density at radius 3 is 2.64 bits per heavy atom. The number of ether oxygens (including phenoxy) is 1. The lowest BCUT2D eigenvalue weighted by Crippen LogP contribution is -2.37. The second-order valence-corrected chi connectivity index (χ2v) is 7.99. The minimum Gasteiger partial charge on any atom is -0.496 e. The Labute approximate surface area is 157 Å². The van der Waals surface area contributed by atoms with E-state index in [-0.39, 0.29) is 0 Å². The summed E-state index contributed by atoms with van der Waals surface area (Å²) in [5, 5.41) is 3.97. The molecule has 2 aliphatic rings. The van der Waals surface area contributed by atoms with Crippen LogP contribution in [0.5, 0.6) is 5.75 Å². The molecule has 1 aromatic carbocycles. The zero-order chi connectivity index (χ0) is 17.6. The molecule has 0 amide bonds. The molecule has 0 spiro atoms. The van der Waals surface area contributed by atoms with Gasteiger partial charge in [0.05, 0.1) is 19.3 Å². The average molecular weight is 379 g/mol. The van der Waals surface area contributed by atoms with Crippen LogP contribution < -0.4 is 4.74 Å². The van der Waals surface area contributed by atoms with Crippen LogP contribution in [0.3, 0.4) is 0 Å². The van der Waals surface area contributed by atoms with E-state index in [1.165, 1.54) is 25.7 Å². The third-order valence-corrected chi connectivity index (χ3v) is 5.73. The first-order valence-electron chi connectivity index (χ1n) is 8.78. The maximum atomic E-state index is 6.14. The van der Waals surface area contributed by atoms with E-state index in [9.17, 15) is 0 Å². The summed E-state index contributed by atoms with van der Waals surface area (Å²) in [4.78, 5) is 6.95. The van der Waals surface area contributed by atoms with Crippen LogP contribution in [0.25, 0.3) is 11.4 Å². The van der Waals surface area contributed by atoms with Crippen molar-refractivity contribution in [1.82, 2.24) is 19.7 Å². The van der Waals surface area contributed by atoms with E-state index in [4.69, 9.17) is 28.6 Å². The van der Waals surface area contributed by atoms with Crippen molar-refractivity contribution in [3.8, 4) is 17.1 Å². The number of rotatable bonds is 7. The molecule has 2 saturated carbocycles. The number of H-pyrrole nitrogens is 1. The van der Waals surface area contributed by atoms with Gasteiger partial charge < -0.3 is 4.74 Å². The van der Waals surface area contributed by atoms with Crippen LogP contribution >= 0.6 is 23.8 Å². The normalized spacial score (nSPS) is 17.5. The molecular weight excluding hydrogens is 356 g/mol. The number of aromatic amines is 1. The van der Waals surface area contributed by atoms with Crippen molar-refractivity contribution in [2.45, 2.75) is 38.4 Å². The van der Waals surface area contributed by atoms with Gasteiger partial charge >= 0.3 is 0 Å². The van der Waals surface area contributed by atoms with Gasteiger partial charge in [-0.15, -0.1) is 0 Å². The van der Waals surface area contributed by atoms with E-state index < -0.39 is 0 Å². The molecule has 134 valence electrons. The van der Waals surface area contributed by atoms with Crippen LogP contribution in [0.15, 0.2) is 18.2 Å². The van der Waals surface area contributed by atoms with Gasteiger partial charge in [-0.2, -0.15) is 4.98 Å². The number of nitrogens with zero attached hydrogens (tertiary/aromatic N) is 3. The molecule has 0 unspecified atom stereocenters. The van der Waals surface area contributed by atoms with Crippen molar-refractivity contribution in [3.63, 3.8) is 0 Å². The first-order chi connectivity index (χ1) is 12.1. The monoisotopic (exact) mass is 378 g/mol. The Bertz CT molecular complexity index is 813. The van der Waals surface area contributed by atoms with Crippen molar-refractivity contribution >= 4 is 23.8 Å². The van der Waals surface area contributed by atoms with Gasteiger partial charge in [-0.3, -0.25) is 10.00 Å². The average Bonchev–Trinajstić information content (AvgIpc) is 3.50. The summed E-state index contributed by atoms with van der Waals surface area (Å²) in [7, 11) is 3.84. The Kier molecular flexibility index (Phi) is 4.60. The van der Waals surface area contributed by atoms with Crippen LogP contribution in [0.2, 0.25) is 5.02 Å². The van der Waals surface area contributed by atoms with Crippen molar-refractivity contribution in [2.75, 3.05) is 14.2 Å². The SMILES string of the molecule is COc1ccc(Cl)cc1-c1nc(=S)n(CN(C)C(C2CC2)C2CC2)[nH]1. The van der Waals surface area contributed by atoms with Gasteiger partial charge in [0.1, 0.15) is 5.75 Å². The number of methoxy groups -OCH3 is 1. The van der Waals surface area contributed by atoms with E-state index in [1.807, 2.05) is 16.8 Å². The molecule has 1 heterocycles. The third kappa shape index (κ3) is 3.61. The highest BCUT2D eigenvalue weighted by atomic mass is 35.5.